The highest BCUT2D eigenvalue weighted by molar-refractivity contribution is 5.29. The first-order valence-electron chi connectivity index (χ1n) is 5.54. The maximum atomic E-state index is 5.71. The lowest BCUT2D eigenvalue weighted by molar-refractivity contribution is -0.161. The predicted octanol–water partition coefficient (Wildman–Crippen LogP) is -0.447. The molecule has 7 nitrogen and oxygen atoms in total. The summed E-state index contributed by atoms with van der Waals surface area (Å²) in [5.74, 6) is 0.350. The van der Waals surface area contributed by atoms with E-state index in [1.54, 1.807) is 4.68 Å². The average molecular weight is 225 g/mol. The SMILES string of the molecule is Cn1nnnc1N1CCCC2(C1)OCCO2. The van der Waals surface area contributed by atoms with Crippen LogP contribution >= 0.6 is 0 Å². The van der Waals surface area contributed by atoms with Gasteiger partial charge in [0.05, 0.1) is 19.8 Å². The molecule has 3 rings (SSSR count). The molecule has 0 radical (unpaired) electrons. The number of aromatic nitrogens is 4. The fourth-order valence-electron chi connectivity index (χ4n) is 2.38. The molecule has 0 saturated carbocycles. The molecule has 16 heavy (non-hydrogen) atoms. The highest BCUT2D eigenvalue weighted by atomic mass is 16.7. The van der Waals surface area contributed by atoms with Crippen LogP contribution in [0.2, 0.25) is 0 Å². The first-order valence-corrected chi connectivity index (χ1v) is 5.54. The summed E-state index contributed by atoms with van der Waals surface area (Å²) in [5.41, 5.74) is 0. The van der Waals surface area contributed by atoms with Gasteiger partial charge < -0.3 is 14.4 Å². The molecule has 2 fully saturated rings. The predicted molar refractivity (Wildman–Crippen MR) is 54.9 cm³/mol. The van der Waals surface area contributed by atoms with Gasteiger partial charge in [-0.15, -0.1) is 0 Å². The highest BCUT2D eigenvalue weighted by Crippen LogP contribution is 2.31. The summed E-state index contributed by atoms with van der Waals surface area (Å²) in [5, 5.41) is 11.5. The van der Waals surface area contributed by atoms with Crippen LogP contribution in [0.3, 0.4) is 0 Å². The minimum atomic E-state index is -0.426. The van der Waals surface area contributed by atoms with Crippen LogP contribution in [0.15, 0.2) is 0 Å². The van der Waals surface area contributed by atoms with Crippen LogP contribution in [-0.2, 0) is 16.5 Å². The summed E-state index contributed by atoms with van der Waals surface area (Å²) in [4.78, 5) is 2.12. The Morgan fingerprint density at radius 3 is 2.81 bits per heavy atom. The van der Waals surface area contributed by atoms with Crippen LogP contribution in [0.4, 0.5) is 5.95 Å². The van der Waals surface area contributed by atoms with Gasteiger partial charge in [-0.05, 0) is 16.8 Å². The quantitative estimate of drug-likeness (QED) is 0.645. The molecule has 88 valence electrons. The second-order valence-corrected chi connectivity index (χ2v) is 4.24. The van der Waals surface area contributed by atoms with Crippen molar-refractivity contribution in [2.75, 3.05) is 31.2 Å². The average Bonchev–Trinajstić information content (AvgIpc) is 2.88. The van der Waals surface area contributed by atoms with E-state index in [4.69, 9.17) is 9.47 Å². The van der Waals surface area contributed by atoms with E-state index in [9.17, 15) is 0 Å². The summed E-state index contributed by atoms with van der Waals surface area (Å²) in [6, 6.07) is 0. The van der Waals surface area contributed by atoms with Crippen molar-refractivity contribution in [1.29, 1.82) is 0 Å². The molecule has 2 aliphatic heterocycles. The molecular weight excluding hydrogens is 210 g/mol. The largest absolute Gasteiger partial charge is 0.346 e. The van der Waals surface area contributed by atoms with Gasteiger partial charge in [0, 0.05) is 20.0 Å². The second kappa shape index (κ2) is 3.67. The molecule has 2 aliphatic rings. The Balaban J connectivity index is 1.80. The zero-order valence-electron chi connectivity index (χ0n) is 9.30. The molecule has 1 spiro atoms. The molecule has 1 aromatic rings. The van der Waals surface area contributed by atoms with Crippen LogP contribution in [0.1, 0.15) is 12.8 Å². The van der Waals surface area contributed by atoms with E-state index in [1.807, 2.05) is 7.05 Å². The molecule has 0 amide bonds. The van der Waals surface area contributed by atoms with Crippen LogP contribution < -0.4 is 4.90 Å². The molecule has 0 N–H and O–H groups in total. The van der Waals surface area contributed by atoms with Gasteiger partial charge >= 0.3 is 0 Å². The molecule has 0 aliphatic carbocycles. The Labute approximate surface area is 93.3 Å². The van der Waals surface area contributed by atoms with Crippen molar-refractivity contribution in [2.24, 2.45) is 7.05 Å². The number of aryl methyl sites for hydroxylation is 1. The van der Waals surface area contributed by atoms with Crippen LogP contribution in [0.25, 0.3) is 0 Å². The van der Waals surface area contributed by atoms with E-state index in [1.165, 1.54) is 0 Å². The minimum Gasteiger partial charge on any atom is -0.346 e. The molecule has 2 saturated heterocycles. The Morgan fingerprint density at radius 2 is 2.12 bits per heavy atom. The van der Waals surface area contributed by atoms with Gasteiger partial charge in [-0.2, -0.15) is 0 Å². The molecule has 0 bridgehead atoms. The maximum absolute atomic E-state index is 5.71. The first kappa shape index (κ1) is 9.98. The summed E-state index contributed by atoms with van der Waals surface area (Å²) >= 11 is 0. The summed E-state index contributed by atoms with van der Waals surface area (Å²) in [6.07, 6.45) is 1.99. The fraction of sp³-hybridized carbons (Fsp3) is 0.889. The molecule has 3 heterocycles. The fourth-order valence-corrected chi connectivity index (χ4v) is 2.38. The van der Waals surface area contributed by atoms with Crippen molar-refractivity contribution in [3.8, 4) is 0 Å². The van der Waals surface area contributed by atoms with Crippen LogP contribution in [0, 0.1) is 0 Å². The Hall–Kier alpha value is -1.21. The van der Waals surface area contributed by atoms with Crippen LogP contribution in [-0.4, -0.2) is 52.3 Å². The number of tetrazole rings is 1. The lowest BCUT2D eigenvalue weighted by atomic mass is 10.1. The Kier molecular flexibility index (Phi) is 2.29. The van der Waals surface area contributed by atoms with Crippen molar-refractivity contribution in [3.05, 3.63) is 0 Å². The summed E-state index contributed by atoms with van der Waals surface area (Å²) in [6.45, 7) is 3.03. The smallest absolute Gasteiger partial charge is 0.245 e. The molecule has 7 heteroatoms. The number of rotatable bonds is 1. The van der Waals surface area contributed by atoms with E-state index in [2.05, 4.69) is 20.4 Å². The summed E-state index contributed by atoms with van der Waals surface area (Å²) < 4.78 is 13.1. The van der Waals surface area contributed by atoms with E-state index >= 15 is 0 Å². The zero-order valence-corrected chi connectivity index (χ0v) is 9.30. The van der Waals surface area contributed by atoms with Crippen molar-refractivity contribution >= 4 is 5.95 Å². The van der Waals surface area contributed by atoms with Crippen molar-refractivity contribution < 1.29 is 9.47 Å². The molecule has 0 atom stereocenters. The van der Waals surface area contributed by atoms with Gasteiger partial charge in [0.25, 0.3) is 0 Å². The first-order chi connectivity index (χ1) is 7.79. The molecule has 0 aromatic carbocycles. The third-order valence-corrected chi connectivity index (χ3v) is 3.11. The summed E-state index contributed by atoms with van der Waals surface area (Å²) in [7, 11) is 1.84. The number of hydrogen-bond donors (Lipinski definition) is 0. The number of anilines is 1. The van der Waals surface area contributed by atoms with Crippen molar-refractivity contribution in [3.63, 3.8) is 0 Å². The van der Waals surface area contributed by atoms with E-state index < -0.39 is 5.79 Å². The van der Waals surface area contributed by atoms with E-state index in [0.29, 0.717) is 19.8 Å². The number of nitrogens with zero attached hydrogens (tertiary/aromatic N) is 5. The van der Waals surface area contributed by atoms with Gasteiger partial charge in [0.1, 0.15) is 0 Å². The van der Waals surface area contributed by atoms with Gasteiger partial charge in [0.2, 0.25) is 5.95 Å². The van der Waals surface area contributed by atoms with Gasteiger partial charge in [-0.3, -0.25) is 0 Å². The number of ether oxygens (including phenoxy) is 2. The number of piperidine rings is 1. The van der Waals surface area contributed by atoms with Gasteiger partial charge in [0.15, 0.2) is 5.79 Å². The number of hydrogen-bond acceptors (Lipinski definition) is 6. The van der Waals surface area contributed by atoms with Crippen molar-refractivity contribution in [1.82, 2.24) is 20.2 Å². The van der Waals surface area contributed by atoms with Gasteiger partial charge in [-0.1, -0.05) is 5.10 Å². The lowest BCUT2D eigenvalue weighted by Gasteiger charge is -2.38. The minimum absolute atomic E-state index is 0.426. The second-order valence-electron chi connectivity index (χ2n) is 4.24. The highest BCUT2D eigenvalue weighted by Gasteiger charge is 2.41. The maximum Gasteiger partial charge on any atom is 0.245 e. The third kappa shape index (κ3) is 1.56. The lowest BCUT2D eigenvalue weighted by Crippen LogP contribution is -2.49. The Morgan fingerprint density at radius 1 is 1.31 bits per heavy atom. The van der Waals surface area contributed by atoms with Crippen molar-refractivity contribution in [2.45, 2.75) is 18.6 Å². The normalized spacial score (nSPS) is 24.2. The molecule has 0 unspecified atom stereocenters. The topological polar surface area (TPSA) is 65.3 Å². The Bertz CT molecular complexity index is 374. The van der Waals surface area contributed by atoms with E-state index in [-0.39, 0.29) is 0 Å². The monoisotopic (exact) mass is 225 g/mol. The van der Waals surface area contributed by atoms with E-state index in [0.717, 1.165) is 25.3 Å². The standard InChI is InChI=1S/C9H15N5O2/c1-13-8(10-11-12-13)14-4-2-3-9(7-14)15-5-6-16-9/h2-7H2,1H3. The zero-order chi connectivity index (χ0) is 11.0. The molecular formula is C9H15N5O2. The molecule has 1 aromatic heterocycles. The third-order valence-electron chi connectivity index (χ3n) is 3.11. The van der Waals surface area contributed by atoms with Gasteiger partial charge in [-0.25, -0.2) is 4.68 Å². The van der Waals surface area contributed by atoms with Crippen LogP contribution in [0.5, 0.6) is 0 Å².